The first-order valence-corrected chi connectivity index (χ1v) is 12.1. The summed E-state index contributed by atoms with van der Waals surface area (Å²) in [4.78, 5) is 13.7. The second-order valence-electron chi connectivity index (χ2n) is 6.36. The van der Waals surface area contributed by atoms with Crippen molar-refractivity contribution in [3.05, 3.63) is 71.8 Å². The van der Waals surface area contributed by atoms with Gasteiger partial charge in [0.1, 0.15) is 0 Å². The highest BCUT2D eigenvalue weighted by atomic mass is 79.9. The molecular weight excluding hydrogens is 368 g/mol. The van der Waals surface area contributed by atoms with E-state index in [1.165, 1.54) is 0 Å². The van der Waals surface area contributed by atoms with Crippen LogP contribution in [0.3, 0.4) is 0 Å². The lowest BCUT2D eigenvalue weighted by atomic mass is 9.90. The van der Waals surface area contributed by atoms with E-state index in [-0.39, 0.29) is 17.8 Å². The number of Topliss-reactive ketones (excluding diaryl/α,β-unsaturated/α-hetero) is 1. The predicted molar refractivity (Wildman–Crippen MR) is 101 cm³/mol. The molecule has 0 heterocycles. The molecule has 0 amide bonds. The second-order valence-corrected chi connectivity index (χ2v) is 12.1. The van der Waals surface area contributed by atoms with E-state index in [0.29, 0.717) is 0 Å². The molecule has 2 aromatic rings. The van der Waals surface area contributed by atoms with Crippen LogP contribution in [-0.4, -0.2) is 19.1 Å². The highest BCUT2D eigenvalue weighted by molar-refractivity contribution is 9.09. The minimum Gasteiger partial charge on any atom is -0.409 e. The Morgan fingerprint density at radius 1 is 1.04 bits per heavy atom. The Hall–Kier alpha value is -1.23. The van der Waals surface area contributed by atoms with E-state index in [1.807, 2.05) is 67.6 Å². The zero-order valence-corrected chi connectivity index (χ0v) is 16.4. The number of halogens is 1. The predicted octanol–water partition coefficient (Wildman–Crippen LogP) is 5.40. The van der Waals surface area contributed by atoms with Crippen molar-refractivity contribution in [1.29, 1.82) is 0 Å². The van der Waals surface area contributed by atoms with Crippen LogP contribution in [-0.2, 0) is 4.43 Å². The van der Waals surface area contributed by atoms with Crippen LogP contribution in [0.4, 0.5) is 0 Å². The number of benzene rings is 2. The fraction of sp³-hybridized carbons (Fsp3) is 0.316. The molecule has 2 rings (SSSR count). The Balaban J connectivity index is 2.31. The zero-order chi connectivity index (χ0) is 16.9. The van der Waals surface area contributed by atoms with Crippen LogP contribution in [0, 0.1) is 5.92 Å². The number of carbonyl (C=O) groups excluding carboxylic acids is 1. The summed E-state index contributed by atoms with van der Waals surface area (Å²) in [7, 11) is -1.87. The molecule has 0 bridgehead atoms. The average molecular weight is 391 g/mol. The van der Waals surface area contributed by atoms with Crippen LogP contribution < -0.4 is 0 Å². The molecule has 0 N–H and O–H groups in total. The number of hydrogen-bond acceptors (Lipinski definition) is 2. The molecule has 2 aromatic carbocycles. The van der Waals surface area contributed by atoms with Crippen LogP contribution in [0.5, 0.6) is 0 Å². The lowest BCUT2D eigenvalue weighted by Gasteiger charge is -2.32. The first-order valence-electron chi connectivity index (χ1n) is 7.82. The summed E-state index contributed by atoms with van der Waals surface area (Å²) in [5, 5.41) is 0. The fourth-order valence-corrected chi connectivity index (χ4v) is 3.97. The van der Waals surface area contributed by atoms with Crippen LogP contribution in [0.25, 0.3) is 0 Å². The summed E-state index contributed by atoms with van der Waals surface area (Å²) in [5.74, 6) is -0.107. The lowest BCUT2D eigenvalue weighted by molar-refractivity contribution is 0.0756. The molecule has 0 unspecified atom stereocenters. The molecule has 122 valence electrons. The minimum atomic E-state index is -1.87. The third-order valence-corrected chi connectivity index (χ3v) is 9.41. The molecule has 2 nitrogen and oxygen atoms in total. The summed E-state index contributed by atoms with van der Waals surface area (Å²) in [6.45, 7) is 6.29. The number of carbonyl (C=O) groups is 1. The Morgan fingerprint density at radius 3 is 2.09 bits per heavy atom. The maximum absolute atomic E-state index is 12.9. The van der Waals surface area contributed by atoms with E-state index < -0.39 is 8.32 Å². The van der Waals surface area contributed by atoms with Crippen LogP contribution >= 0.6 is 15.9 Å². The molecule has 0 aromatic heterocycles. The van der Waals surface area contributed by atoms with Gasteiger partial charge in [-0.1, -0.05) is 83.5 Å². The Kier molecular flexibility index (Phi) is 6.33. The van der Waals surface area contributed by atoms with Gasteiger partial charge in [-0.25, -0.2) is 0 Å². The smallest absolute Gasteiger partial charge is 0.197 e. The normalized spacial score (nSPS) is 14.3. The average Bonchev–Trinajstić information content (AvgIpc) is 2.60. The van der Waals surface area contributed by atoms with Crippen molar-refractivity contribution in [3.8, 4) is 0 Å². The quantitative estimate of drug-likeness (QED) is 0.359. The number of rotatable bonds is 7. The number of alkyl halides is 1. The number of ketones is 1. The van der Waals surface area contributed by atoms with Crippen molar-refractivity contribution in [2.45, 2.75) is 26.1 Å². The molecule has 0 saturated carbocycles. The molecule has 23 heavy (non-hydrogen) atoms. The molecule has 2 atom stereocenters. The van der Waals surface area contributed by atoms with Gasteiger partial charge in [0.25, 0.3) is 0 Å². The van der Waals surface area contributed by atoms with Crippen LogP contribution in [0.1, 0.15) is 28.9 Å². The third-order valence-electron chi connectivity index (χ3n) is 3.82. The third kappa shape index (κ3) is 4.87. The largest absolute Gasteiger partial charge is 0.409 e. The molecule has 0 aliphatic heterocycles. The number of hydrogen-bond donors (Lipinski definition) is 0. The Morgan fingerprint density at radius 2 is 1.57 bits per heavy atom. The van der Waals surface area contributed by atoms with E-state index >= 15 is 0 Å². The monoisotopic (exact) mass is 390 g/mol. The molecule has 0 aliphatic carbocycles. The van der Waals surface area contributed by atoms with Crippen molar-refractivity contribution in [2.75, 3.05) is 4.95 Å². The van der Waals surface area contributed by atoms with Crippen LogP contribution in [0.15, 0.2) is 60.7 Å². The van der Waals surface area contributed by atoms with Gasteiger partial charge >= 0.3 is 0 Å². The standard InChI is InChI=1S/C19H23BrO2Si/c1-15(18(21)16-10-6-4-7-11-16)19(22-23(2,3)14-20)17-12-8-5-9-13-17/h4-13,15,19H,14H2,1-3H3/t15-,19+/m0/s1. The van der Waals surface area contributed by atoms with E-state index in [2.05, 4.69) is 29.0 Å². The van der Waals surface area contributed by atoms with E-state index in [0.717, 1.165) is 16.1 Å². The topological polar surface area (TPSA) is 26.3 Å². The first kappa shape index (κ1) is 18.1. The summed E-state index contributed by atoms with van der Waals surface area (Å²) in [5.41, 5.74) is 1.80. The van der Waals surface area contributed by atoms with E-state index in [4.69, 9.17) is 4.43 Å². The van der Waals surface area contributed by atoms with Gasteiger partial charge in [0.2, 0.25) is 0 Å². The highest BCUT2D eigenvalue weighted by Crippen LogP contribution is 2.32. The SMILES string of the molecule is C[C@@H](C(=O)c1ccccc1)[C@@H](O[Si](C)(C)CBr)c1ccccc1. The summed E-state index contributed by atoms with van der Waals surface area (Å²) < 4.78 is 6.45. The maximum Gasteiger partial charge on any atom is 0.197 e. The summed E-state index contributed by atoms with van der Waals surface area (Å²) in [6, 6.07) is 19.5. The first-order chi connectivity index (χ1) is 10.9. The van der Waals surface area contributed by atoms with Gasteiger partial charge in [-0.05, 0) is 18.7 Å². The molecular formula is C19H23BrO2Si. The van der Waals surface area contributed by atoms with Crippen molar-refractivity contribution in [1.82, 2.24) is 0 Å². The van der Waals surface area contributed by atoms with Crippen molar-refractivity contribution < 1.29 is 9.22 Å². The Labute approximate surface area is 148 Å². The minimum absolute atomic E-state index is 0.124. The van der Waals surface area contributed by atoms with Gasteiger partial charge in [0.05, 0.1) is 6.10 Å². The second kappa shape index (κ2) is 8.04. The molecule has 0 fully saturated rings. The molecule has 4 heteroatoms. The van der Waals surface area contributed by atoms with Crippen molar-refractivity contribution in [2.24, 2.45) is 5.92 Å². The molecule has 0 radical (unpaired) electrons. The van der Waals surface area contributed by atoms with E-state index in [9.17, 15) is 4.79 Å². The van der Waals surface area contributed by atoms with Crippen molar-refractivity contribution >= 4 is 30.0 Å². The zero-order valence-electron chi connectivity index (χ0n) is 13.8. The Bertz CT molecular complexity index is 628. The summed E-state index contributed by atoms with van der Waals surface area (Å²) >= 11 is 3.55. The maximum atomic E-state index is 12.9. The molecule has 0 spiro atoms. The van der Waals surface area contributed by atoms with Crippen molar-refractivity contribution in [3.63, 3.8) is 0 Å². The summed E-state index contributed by atoms with van der Waals surface area (Å²) in [6.07, 6.45) is -0.219. The van der Waals surface area contributed by atoms with Gasteiger partial charge in [-0.3, -0.25) is 4.79 Å². The highest BCUT2D eigenvalue weighted by Gasteiger charge is 2.33. The van der Waals surface area contributed by atoms with E-state index in [1.54, 1.807) is 0 Å². The molecule has 0 aliphatic rings. The molecule has 0 saturated heterocycles. The van der Waals surface area contributed by atoms with Gasteiger partial charge in [-0.15, -0.1) is 0 Å². The van der Waals surface area contributed by atoms with Gasteiger partial charge < -0.3 is 4.43 Å². The van der Waals surface area contributed by atoms with Crippen LogP contribution in [0.2, 0.25) is 13.1 Å². The fourth-order valence-electron chi connectivity index (χ4n) is 2.48. The van der Waals surface area contributed by atoms with Gasteiger partial charge in [0, 0.05) is 16.4 Å². The van der Waals surface area contributed by atoms with Gasteiger partial charge in [0.15, 0.2) is 14.1 Å². The van der Waals surface area contributed by atoms with Gasteiger partial charge in [-0.2, -0.15) is 0 Å². The lowest BCUT2D eigenvalue weighted by Crippen LogP contribution is -2.38.